The average molecular weight is 202 g/mol. The molecule has 0 aromatic heterocycles. The molecule has 14 heavy (non-hydrogen) atoms. The summed E-state index contributed by atoms with van der Waals surface area (Å²) in [6.45, 7) is 5.07. The van der Waals surface area contributed by atoms with E-state index in [0.29, 0.717) is 13.1 Å². The molecule has 4 N–H and O–H groups in total. The molecule has 0 rings (SSSR count). The molecule has 0 radical (unpaired) electrons. The smallest absolute Gasteiger partial charge is 0.333 e. The standard InChI is InChI=1S/C8H18N4O2/c1-3-5-9-7(13)11-12-8(14)10-6-4-2/h3-6H2,1-2H3,(H2,9,11,13)(H2,10,12,14). The number of carbonyl (C=O) groups excluding carboxylic acids is 2. The zero-order valence-corrected chi connectivity index (χ0v) is 8.64. The van der Waals surface area contributed by atoms with E-state index >= 15 is 0 Å². The lowest BCUT2D eigenvalue weighted by Crippen LogP contribution is -2.50. The van der Waals surface area contributed by atoms with Crippen molar-refractivity contribution in [3.63, 3.8) is 0 Å². The molecule has 0 saturated carbocycles. The Kier molecular flexibility index (Phi) is 7.30. The minimum atomic E-state index is -0.404. The van der Waals surface area contributed by atoms with Crippen LogP contribution in [0.15, 0.2) is 0 Å². The predicted molar refractivity (Wildman–Crippen MR) is 53.7 cm³/mol. The van der Waals surface area contributed by atoms with Crippen LogP contribution in [0.3, 0.4) is 0 Å². The van der Waals surface area contributed by atoms with Gasteiger partial charge in [0.25, 0.3) is 0 Å². The van der Waals surface area contributed by atoms with Gasteiger partial charge < -0.3 is 10.6 Å². The van der Waals surface area contributed by atoms with E-state index in [2.05, 4.69) is 21.5 Å². The first-order valence-corrected chi connectivity index (χ1v) is 4.78. The molecule has 82 valence electrons. The molecule has 0 aliphatic carbocycles. The number of hydrazine groups is 1. The van der Waals surface area contributed by atoms with Crippen molar-refractivity contribution in [2.75, 3.05) is 13.1 Å². The summed E-state index contributed by atoms with van der Waals surface area (Å²) in [4.78, 5) is 21.8. The van der Waals surface area contributed by atoms with Gasteiger partial charge >= 0.3 is 12.1 Å². The molecule has 6 nitrogen and oxygen atoms in total. The summed E-state index contributed by atoms with van der Waals surface area (Å²) in [6.07, 6.45) is 1.71. The van der Waals surface area contributed by atoms with Crippen molar-refractivity contribution >= 4 is 12.1 Å². The molecule has 4 amide bonds. The van der Waals surface area contributed by atoms with Crippen molar-refractivity contribution in [2.45, 2.75) is 26.7 Å². The highest BCUT2D eigenvalue weighted by Gasteiger charge is 2.00. The Bertz CT molecular complexity index is 164. The van der Waals surface area contributed by atoms with Crippen molar-refractivity contribution in [2.24, 2.45) is 0 Å². The lowest BCUT2D eigenvalue weighted by atomic mass is 10.5. The highest BCUT2D eigenvalue weighted by Crippen LogP contribution is 1.71. The molecule has 0 atom stereocenters. The second kappa shape index (κ2) is 8.15. The molecule has 0 aliphatic heterocycles. The van der Waals surface area contributed by atoms with Crippen LogP contribution in [0.25, 0.3) is 0 Å². The van der Waals surface area contributed by atoms with E-state index in [1.807, 2.05) is 13.8 Å². The van der Waals surface area contributed by atoms with Crippen LogP contribution in [0.1, 0.15) is 26.7 Å². The number of hydrogen-bond donors (Lipinski definition) is 4. The van der Waals surface area contributed by atoms with Gasteiger partial charge in [0.15, 0.2) is 0 Å². The van der Waals surface area contributed by atoms with Crippen molar-refractivity contribution in [3.8, 4) is 0 Å². The Hall–Kier alpha value is -1.46. The molecule has 0 bridgehead atoms. The van der Waals surface area contributed by atoms with Gasteiger partial charge in [0, 0.05) is 13.1 Å². The van der Waals surface area contributed by atoms with Crippen molar-refractivity contribution < 1.29 is 9.59 Å². The number of rotatable bonds is 4. The van der Waals surface area contributed by atoms with Gasteiger partial charge in [-0.25, -0.2) is 20.4 Å². The minimum absolute atomic E-state index is 0.404. The zero-order chi connectivity index (χ0) is 10.8. The summed E-state index contributed by atoms with van der Waals surface area (Å²) in [6, 6.07) is -0.808. The Balaban J connectivity index is 3.41. The number of urea groups is 2. The topological polar surface area (TPSA) is 82.3 Å². The van der Waals surface area contributed by atoms with E-state index in [0.717, 1.165) is 12.8 Å². The number of nitrogens with one attached hydrogen (secondary N) is 4. The molecular formula is C8H18N4O2. The normalized spacial score (nSPS) is 9.00. The largest absolute Gasteiger partial charge is 0.337 e. The molecule has 0 aromatic carbocycles. The summed E-state index contributed by atoms with van der Waals surface area (Å²) < 4.78 is 0. The van der Waals surface area contributed by atoms with Gasteiger partial charge in [-0.15, -0.1) is 0 Å². The first kappa shape index (κ1) is 12.5. The summed E-state index contributed by atoms with van der Waals surface area (Å²) in [5.41, 5.74) is 4.43. The SMILES string of the molecule is CCCNC(=O)NNC(=O)NCCC. The van der Waals surface area contributed by atoms with Gasteiger partial charge in [-0.2, -0.15) is 0 Å². The van der Waals surface area contributed by atoms with E-state index < -0.39 is 12.1 Å². The number of amides is 4. The zero-order valence-electron chi connectivity index (χ0n) is 8.64. The Morgan fingerprint density at radius 1 is 0.857 bits per heavy atom. The maximum atomic E-state index is 10.9. The van der Waals surface area contributed by atoms with Crippen LogP contribution in [0, 0.1) is 0 Å². The van der Waals surface area contributed by atoms with Crippen LogP contribution in [0.5, 0.6) is 0 Å². The lowest BCUT2D eigenvalue weighted by molar-refractivity contribution is 0.224. The summed E-state index contributed by atoms with van der Waals surface area (Å²) in [5.74, 6) is 0. The highest BCUT2D eigenvalue weighted by atomic mass is 16.2. The fourth-order valence-corrected chi connectivity index (χ4v) is 0.679. The molecule has 0 fully saturated rings. The van der Waals surface area contributed by atoms with E-state index in [1.54, 1.807) is 0 Å². The first-order valence-electron chi connectivity index (χ1n) is 4.78. The van der Waals surface area contributed by atoms with Gasteiger partial charge in [-0.1, -0.05) is 13.8 Å². The monoisotopic (exact) mass is 202 g/mol. The van der Waals surface area contributed by atoms with Crippen molar-refractivity contribution in [1.82, 2.24) is 21.5 Å². The van der Waals surface area contributed by atoms with Crippen molar-refractivity contribution in [3.05, 3.63) is 0 Å². The maximum absolute atomic E-state index is 10.9. The third kappa shape index (κ3) is 7.20. The molecule has 0 spiro atoms. The Morgan fingerprint density at radius 3 is 1.50 bits per heavy atom. The Morgan fingerprint density at radius 2 is 1.21 bits per heavy atom. The van der Waals surface area contributed by atoms with Gasteiger partial charge in [0.2, 0.25) is 0 Å². The predicted octanol–water partition coefficient (Wildman–Crippen LogP) is 0.320. The van der Waals surface area contributed by atoms with Crippen LogP contribution >= 0.6 is 0 Å². The fraction of sp³-hybridized carbons (Fsp3) is 0.750. The van der Waals surface area contributed by atoms with Crippen LogP contribution in [0.2, 0.25) is 0 Å². The van der Waals surface area contributed by atoms with E-state index in [1.165, 1.54) is 0 Å². The molecule has 0 heterocycles. The fourth-order valence-electron chi connectivity index (χ4n) is 0.679. The first-order chi connectivity index (χ1) is 6.70. The summed E-state index contributed by atoms with van der Waals surface area (Å²) in [5, 5.41) is 5.10. The second-order valence-corrected chi connectivity index (χ2v) is 2.76. The molecule has 0 aromatic rings. The van der Waals surface area contributed by atoms with Crippen LogP contribution < -0.4 is 21.5 Å². The van der Waals surface area contributed by atoms with Gasteiger partial charge in [-0.3, -0.25) is 0 Å². The third-order valence-electron chi connectivity index (χ3n) is 1.36. The molecular weight excluding hydrogens is 184 g/mol. The quantitative estimate of drug-likeness (QED) is 0.495. The van der Waals surface area contributed by atoms with Gasteiger partial charge in [-0.05, 0) is 12.8 Å². The second-order valence-electron chi connectivity index (χ2n) is 2.76. The average Bonchev–Trinajstić information content (AvgIpc) is 2.20. The van der Waals surface area contributed by atoms with Gasteiger partial charge in [0.05, 0.1) is 0 Å². The molecule has 6 heteroatoms. The lowest BCUT2D eigenvalue weighted by Gasteiger charge is -2.08. The molecule has 0 aliphatic rings. The minimum Gasteiger partial charge on any atom is -0.337 e. The Labute approximate surface area is 83.8 Å². The summed E-state index contributed by atoms with van der Waals surface area (Å²) >= 11 is 0. The van der Waals surface area contributed by atoms with Crippen LogP contribution in [-0.4, -0.2) is 25.2 Å². The highest BCUT2D eigenvalue weighted by molar-refractivity contribution is 5.79. The summed E-state index contributed by atoms with van der Waals surface area (Å²) in [7, 11) is 0. The maximum Gasteiger partial charge on any atom is 0.333 e. The number of hydrogen-bond acceptors (Lipinski definition) is 2. The molecule has 0 saturated heterocycles. The van der Waals surface area contributed by atoms with Crippen LogP contribution in [0.4, 0.5) is 9.59 Å². The van der Waals surface area contributed by atoms with Crippen molar-refractivity contribution in [1.29, 1.82) is 0 Å². The van der Waals surface area contributed by atoms with E-state index in [9.17, 15) is 9.59 Å². The third-order valence-corrected chi connectivity index (χ3v) is 1.36. The van der Waals surface area contributed by atoms with E-state index in [-0.39, 0.29) is 0 Å². The van der Waals surface area contributed by atoms with E-state index in [4.69, 9.17) is 0 Å². The van der Waals surface area contributed by atoms with Gasteiger partial charge in [0.1, 0.15) is 0 Å². The van der Waals surface area contributed by atoms with Crippen LogP contribution in [-0.2, 0) is 0 Å². The number of carbonyl (C=O) groups is 2. The molecule has 0 unspecified atom stereocenters.